The zero-order chi connectivity index (χ0) is 14.7. The first-order chi connectivity index (χ1) is 9.47. The van der Waals surface area contributed by atoms with Crippen LogP contribution in [0.2, 0.25) is 0 Å². The molecule has 0 radical (unpaired) electrons. The number of likely N-dealkylation sites (N-methyl/N-ethyl adjacent to an activating group) is 1. The van der Waals surface area contributed by atoms with Crippen molar-refractivity contribution >= 4 is 17.3 Å². The molecule has 0 aliphatic carbocycles. The summed E-state index contributed by atoms with van der Waals surface area (Å²) >= 11 is 0. The van der Waals surface area contributed by atoms with E-state index in [9.17, 15) is 9.18 Å². The molecule has 1 aliphatic rings. The van der Waals surface area contributed by atoms with Gasteiger partial charge in [-0.1, -0.05) is 0 Å². The third kappa shape index (κ3) is 3.46. The fourth-order valence-electron chi connectivity index (χ4n) is 2.26. The lowest BCUT2D eigenvalue weighted by atomic mass is 10.2. The number of nitrogens with zero attached hydrogens (tertiary/aromatic N) is 2. The van der Waals surface area contributed by atoms with Crippen LogP contribution in [0, 0.1) is 5.82 Å². The first-order valence-corrected chi connectivity index (χ1v) is 6.76. The molecule has 0 spiro atoms. The molecule has 0 saturated carbocycles. The highest BCUT2D eigenvalue weighted by Crippen LogP contribution is 2.19. The van der Waals surface area contributed by atoms with Gasteiger partial charge in [-0.15, -0.1) is 0 Å². The smallest absolute Gasteiger partial charge is 0.241 e. The fourth-order valence-corrected chi connectivity index (χ4v) is 2.26. The number of piperazine rings is 1. The minimum atomic E-state index is -0.410. The van der Waals surface area contributed by atoms with Crippen LogP contribution in [-0.2, 0) is 4.79 Å². The molecule has 1 amide bonds. The Morgan fingerprint density at radius 3 is 2.60 bits per heavy atom. The molecule has 1 aromatic carbocycles. The minimum absolute atomic E-state index is 0.118. The topological polar surface area (TPSA) is 61.6 Å². The van der Waals surface area contributed by atoms with Gasteiger partial charge in [0.25, 0.3) is 0 Å². The van der Waals surface area contributed by atoms with E-state index in [0.29, 0.717) is 5.69 Å². The number of amides is 1. The Labute approximate surface area is 118 Å². The summed E-state index contributed by atoms with van der Waals surface area (Å²) in [5, 5.41) is 2.76. The molecule has 1 aliphatic heterocycles. The molecule has 1 fully saturated rings. The van der Waals surface area contributed by atoms with Crippen molar-refractivity contribution in [2.24, 2.45) is 0 Å². The fraction of sp³-hybridized carbons (Fsp3) is 0.500. The van der Waals surface area contributed by atoms with E-state index in [0.717, 1.165) is 26.2 Å². The van der Waals surface area contributed by atoms with Crippen LogP contribution in [0.15, 0.2) is 18.2 Å². The SMILES string of the molecule is CC(C(=O)Nc1ccc(F)cc1N)N1CCN(C)CC1. The lowest BCUT2D eigenvalue weighted by Gasteiger charge is -2.35. The maximum atomic E-state index is 13.0. The van der Waals surface area contributed by atoms with Crippen molar-refractivity contribution in [3.05, 3.63) is 24.0 Å². The van der Waals surface area contributed by atoms with Crippen LogP contribution < -0.4 is 11.1 Å². The molecule has 110 valence electrons. The second-order valence-electron chi connectivity index (χ2n) is 5.24. The Morgan fingerprint density at radius 2 is 2.00 bits per heavy atom. The summed E-state index contributed by atoms with van der Waals surface area (Å²) in [6, 6.07) is 3.75. The quantitative estimate of drug-likeness (QED) is 0.810. The van der Waals surface area contributed by atoms with E-state index in [1.807, 2.05) is 6.92 Å². The van der Waals surface area contributed by atoms with Gasteiger partial charge in [0.15, 0.2) is 0 Å². The molecule has 0 aromatic heterocycles. The molecular formula is C14H21FN4O. The molecular weight excluding hydrogens is 259 g/mol. The van der Waals surface area contributed by atoms with Crippen LogP contribution in [0.1, 0.15) is 6.92 Å². The van der Waals surface area contributed by atoms with Crippen molar-refractivity contribution in [1.29, 1.82) is 0 Å². The van der Waals surface area contributed by atoms with Crippen LogP contribution in [0.5, 0.6) is 0 Å². The molecule has 1 unspecified atom stereocenters. The average molecular weight is 280 g/mol. The van der Waals surface area contributed by atoms with Crippen LogP contribution in [0.4, 0.5) is 15.8 Å². The second-order valence-corrected chi connectivity index (χ2v) is 5.24. The van der Waals surface area contributed by atoms with E-state index >= 15 is 0 Å². The first-order valence-electron chi connectivity index (χ1n) is 6.76. The van der Waals surface area contributed by atoms with Crippen molar-refractivity contribution in [3.8, 4) is 0 Å². The summed E-state index contributed by atoms with van der Waals surface area (Å²) in [6.45, 7) is 5.51. The highest BCUT2D eigenvalue weighted by molar-refractivity contribution is 5.97. The van der Waals surface area contributed by atoms with Gasteiger partial charge >= 0.3 is 0 Å². The Morgan fingerprint density at radius 1 is 1.35 bits per heavy atom. The summed E-state index contributed by atoms with van der Waals surface area (Å²) in [5.74, 6) is -0.527. The van der Waals surface area contributed by atoms with Gasteiger partial charge in [0, 0.05) is 26.2 Å². The van der Waals surface area contributed by atoms with E-state index in [-0.39, 0.29) is 17.6 Å². The van der Waals surface area contributed by atoms with Crippen molar-refractivity contribution in [2.45, 2.75) is 13.0 Å². The van der Waals surface area contributed by atoms with Gasteiger partial charge in [-0.05, 0) is 32.2 Å². The van der Waals surface area contributed by atoms with Crippen LogP contribution in [-0.4, -0.2) is 55.0 Å². The number of benzene rings is 1. The predicted octanol–water partition coefficient (Wildman–Crippen LogP) is 0.982. The standard InChI is InChI=1S/C14H21FN4O/c1-10(19-7-5-18(2)6-8-19)14(20)17-13-4-3-11(15)9-12(13)16/h3-4,9-10H,5-8,16H2,1-2H3,(H,17,20). The maximum Gasteiger partial charge on any atom is 0.241 e. The summed E-state index contributed by atoms with van der Waals surface area (Å²) in [6.07, 6.45) is 0. The van der Waals surface area contributed by atoms with Crippen molar-refractivity contribution in [1.82, 2.24) is 9.80 Å². The number of hydrogen-bond donors (Lipinski definition) is 2. The molecule has 20 heavy (non-hydrogen) atoms. The molecule has 0 bridgehead atoms. The molecule has 1 saturated heterocycles. The average Bonchev–Trinajstić information content (AvgIpc) is 2.42. The third-order valence-electron chi connectivity index (χ3n) is 3.74. The molecule has 2 rings (SSSR count). The first kappa shape index (κ1) is 14.7. The molecule has 3 N–H and O–H groups in total. The number of halogens is 1. The lowest BCUT2D eigenvalue weighted by molar-refractivity contribution is -0.121. The molecule has 5 nitrogen and oxygen atoms in total. The largest absolute Gasteiger partial charge is 0.397 e. The summed E-state index contributed by atoms with van der Waals surface area (Å²) < 4.78 is 13.0. The monoisotopic (exact) mass is 280 g/mol. The zero-order valence-corrected chi connectivity index (χ0v) is 11.9. The Bertz CT molecular complexity index is 486. The number of nitrogen functional groups attached to an aromatic ring is 1. The van der Waals surface area contributed by atoms with Crippen LogP contribution >= 0.6 is 0 Å². The maximum absolute atomic E-state index is 13.0. The number of hydrogen-bond acceptors (Lipinski definition) is 4. The Hall–Kier alpha value is -1.66. The highest BCUT2D eigenvalue weighted by Gasteiger charge is 2.24. The van der Waals surface area contributed by atoms with Crippen molar-refractivity contribution in [2.75, 3.05) is 44.3 Å². The second kappa shape index (κ2) is 6.19. The number of rotatable bonds is 3. The predicted molar refractivity (Wildman–Crippen MR) is 78.0 cm³/mol. The van der Waals surface area contributed by atoms with E-state index < -0.39 is 5.82 Å². The zero-order valence-electron chi connectivity index (χ0n) is 11.9. The molecule has 1 aromatic rings. The van der Waals surface area contributed by atoms with E-state index in [4.69, 9.17) is 5.73 Å². The van der Waals surface area contributed by atoms with Gasteiger partial charge < -0.3 is 16.0 Å². The Kier molecular flexibility index (Phi) is 4.57. The summed E-state index contributed by atoms with van der Waals surface area (Å²) in [5.41, 5.74) is 6.39. The minimum Gasteiger partial charge on any atom is -0.397 e. The van der Waals surface area contributed by atoms with Crippen molar-refractivity contribution in [3.63, 3.8) is 0 Å². The van der Waals surface area contributed by atoms with Gasteiger partial charge in [-0.25, -0.2) is 4.39 Å². The highest BCUT2D eigenvalue weighted by atomic mass is 19.1. The number of carbonyl (C=O) groups excluding carboxylic acids is 1. The molecule has 6 heteroatoms. The van der Waals surface area contributed by atoms with Crippen molar-refractivity contribution < 1.29 is 9.18 Å². The van der Waals surface area contributed by atoms with Gasteiger partial charge in [-0.2, -0.15) is 0 Å². The summed E-state index contributed by atoms with van der Waals surface area (Å²) in [7, 11) is 2.07. The van der Waals surface area contributed by atoms with E-state index in [1.54, 1.807) is 0 Å². The Balaban J connectivity index is 1.97. The van der Waals surface area contributed by atoms with Gasteiger partial charge in [0.1, 0.15) is 5.82 Å². The van der Waals surface area contributed by atoms with E-state index in [1.165, 1.54) is 18.2 Å². The normalized spacial score (nSPS) is 18.8. The lowest BCUT2D eigenvalue weighted by Crippen LogP contribution is -2.51. The number of nitrogens with one attached hydrogen (secondary N) is 1. The summed E-state index contributed by atoms with van der Waals surface area (Å²) in [4.78, 5) is 16.6. The van der Waals surface area contributed by atoms with Gasteiger partial charge in [0.05, 0.1) is 17.4 Å². The molecule has 1 heterocycles. The van der Waals surface area contributed by atoms with Gasteiger partial charge in [-0.3, -0.25) is 9.69 Å². The third-order valence-corrected chi connectivity index (χ3v) is 3.74. The number of anilines is 2. The number of nitrogens with two attached hydrogens (primary N) is 1. The van der Waals surface area contributed by atoms with Gasteiger partial charge in [0.2, 0.25) is 5.91 Å². The van der Waals surface area contributed by atoms with Crippen LogP contribution in [0.25, 0.3) is 0 Å². The van der Waals surface area contributed by atoms with E-state index in [2.05, 4.69) is 22.2 Å². The molecule has 1 atom stereocenters. The van der Waals surface area contributed by atoms with Crippen LogP contribution in [0.3, 0.4) is 0 Å². The number of carbonyl (C=O) groups is 1.